The SMILES string of the molecule is O=C(c1cc(CCc2ccccc2)no1)N1CCC(O)(c2ccc(Cl)cc2)CC1. The van der Waals surface area contributed by atoms with Gasteiger partial charge in [-0.15, -0.1) is 0 Å². The van der Waals surface area contributed by atoms with Crippen LogP contribution in [0.5, 0.6) is 0 Å². The van der Waals surface area contributed by atoms with Crippen LogP contribution in [0.4, 0.5) is 0 Å². The molecule has 0 radical (unpaired) electrons. The number of piperidine rings is 1. The minimum atomic E-state index is -0.941. The molecule has 1 saturated heterocycles. The lowest BCUT2D eigenvalue weighted by molar-refractivity contribution is -0.0219. The molecule has 1 amide bonds. The van der Waals surface area contributed by atoms with Gasteiger partial charge in [-0.1, -0.05) is 59.2 Å². The average molecular weight is 411 g/mol. The van der Waals surface area contributed by atoms with Gasteiger partial charge < -0.3 is 14.5 Å². The molecule has 2 heterocycles. The largest absolute Gasteiger partial charge is 0.385 e. The third-order valence-corrected chi connectivity index (χ3v) is 5.79. The van der Waals surface area contributed by atoms with Gasteiger partial charge in [0.2, 0.25) is 5.76 Å². The molecule has 6 heteroatoms. The van der Waals surface area contributed by atoms with Gasteiger partial charge in [-0.05, 0) is 48.9 Å². The van der Waals surface area contributed by atoms with E-state index in [2.05, 4.69) is 17.3 Å². The van der Waals surface area contributed by atoms with Crippen LogP contribution in [0, 0.1) is 0 Å². The predicted molar refractivity (Wildman–Crippen MR) is 111 cm³/mol. The number of hydrogen-bond donors (Lipinski definition) is 1. The van der Waals surface area contributed by atoms with Crippen molar-refractivity contribution in [3.63, 3.8) is 0 Å². The Morgan fingerprint density at radius 3 is 2.45 bits per heavy atom. The summed E-state index contributed by atoms with van der Waals surface area (Å²) in [4.78, 5) is 14.5. The fourth-order valence-electron chi connectivity index (χ4n) is 3.73. The normalized spacial score (nSPS) is 16.0. The summed E-state index contributed by atoms with van der Waals surface area (Å²) in [6, 6.07) is 19.1. The minimum Gasteiger partial charge on any atom is -0.385 e. The Hall–Kier alpha value is -2.63. The topological polar surface area (TPSA) is 66.6 Å². The molecule has 1 fully saturated rings. The molecule has 0 spiro atoms. The van der Waals surface area contributed by atoms with E-state index in [1.165, 1.54) is 5.56 Å². The highest BCUT2D eigenvalue weighted by Crippen LogP contribution is 2.33. The number of aliphatic hydroxyl groups is 1. The van der Waals surface area contributed by atoms with Crippen LogP contribution in [0.3, 0.4) is 0 Å². The molecule has 0 atom stereocenters. The Bertz CT molecular complexity index is 961. The smallest absolute Gasteiger partial charge is 0.292 e. The van der Waals surface area contributed by atoms with Crippen LogP contribution in [-0.2, 0) is 18.4 Å². The van der Waals surface area contributed by atoms with Crippen LogP contribution < -0.4 is 0 Å². The number of aromatic nitrogens is 1. The predicted octanol–water partition coefficient (Wildman–Crippen LogP) is 4.24. The molecule has 0 bridgehead atoms. The lowest BCUT2D eigenvalue weighted by Gasteiger charge is -2.38. The molecule has 0 saturated carbocycles. The van der Waals surface area contributed by atoms with Gasteiger partial charge >= 0.3 is 0 Å². The first-order valence-electron chi connectivity index (χ1n) is 9.81. The minimum absolute atomic E-state index is 0.179. The van der Waals surface area contributed by atoms with E-state index in [1.54, 1.807) is 23.1 Å². The summed E-state index contributed by atoms with van der Waals surface area (Å²) in [7, 11) is 0. The standard InChI is InChI=1S/C23H23ClN2O3/c24-19-9-7-18(8-10-19)23(28)12-14-26(15-13-23)22(27)21-16-20(25-29-21)11-6-17-4-2-1-3-5-17/h1-5,7-10,16,28H,6,11-15H2. The summed E-state index contributed by atoms with van der Waals surface area (Å²) < 4.78 is 5.30. The van der Waals surface area contributed by atoms with Crippen molar-refractivity contribution in [2.75, 3.05) is 13.1 Å². The van der Waals surface area contributed by atoms with Gasteiger partial charge in [-0.25, -0.2) is 0 Å². The Morgan fingerprint density at radius 2 is 1.76 bits per heavy atom. The third-order valence-electron chi connectivity index (χ3n) is 5.54. The lowest BCUT2D eigenvalue weighted by atomic mass is 9.84. The van der Waals surface area contributed by atoms with Gasteiger partial charge in [0.25, 0.3) is 5.91 Å². The fraction of sp³-hybridized carbons (Fsp3) is 0.304. The summed E-state index contributed by atoms with van der Waals surface area (Å²) in [5.74, 6) is 0.0756. The molecule has 0 aliphatic carbocycles. The summed E-state index contributed by atoms with van der Waals surface area (Å²) >= 11 is 5.94. The van der Waals surface area contributed by atoms with E-state index in [9.17, 15) is 9.90 Å². The molecule has 1 aromatic heterocycles. The Kier molecular flexibility index (Phi) is 5.69. The van der Waals surface area contributed by atoms with Gasteiger partial charge in [0.05, 0.1) is 11.3 Å². The highest BCUT2D eigenvalue weighted by atomic mass is 35.5. The van der Waals surface area contributed by atoms with Crippen molar-refractivity contribution in [1.82, 2.24) is 10.1 Å². The van der Waals surface area contributed by atoms with Crippen LogP contribution >= 0.6 is 11.6 Å². The van der Waals surface area contributed by atoms with Crippen molar-refractivity contribution in [2.45, 2.75) is 31.3 Å². The van der Waals surface area contributed by atoms with E-state index in [0.717, 1.165) is 24.1 Å². The molecule has 2 aromatic carbocycles. The summed E-state index contributed by atoms with van der Waals surface area (Å²) in [6.07, 6.45) is 2.50. The molecule has 1 N–H and O–H groups in total. The number of benzene rings is 2. The third kappa shape index (κ3) is 4.52. The van der Waals surface area contributed by atoms with Crippen molar-refractivity contribution in [3.05, 3.63) is 88.3 Å². The number of amides is 1. The number of carbonyl (C=O) groups excluding carboxylic acids is 1. The number of halogens is 1. The van der Waals surface area contributed by atoms with Gasteiger partial charge in [0.1, 0.15) is 0 Å². The van der Waals surface area contributed by atoms with E-state index < -0.39 is 5.60 Å². The molecular weight excluding hydrogens is 388 g/mol. The average Bonchev–Trinajstić information content (AvgIpc) is 3.22. The highest BCUT2D eigenvalue weighted by Gasteiger charge is 2.36. The number of carbonyl (C=O) groups is 1. The zero-order chi connectivity index (χ0) is 20.3. The highest BCUT2D eigenvalue weighted by molar-refractivity contribution is 6.30. The van der Waals surface area contributed by atoms with Crippen LogP contribution in [0.15, 0.2) is 65.2 Å². The van der Waals surface area contributed by atoms with E-state index in [4.69, 9.17) is 16.1 Å². The van der Waals surface area contributed by atoms with Gasteiger partial charge in [0.15, 0.2) is 0 Å². The number of likely N-dealkylation sites (tertiary alicyclic amines) is 1. The molecule has 29 heavy (non-hydrogen) atoms. The van der Waals surface area contributed by atoms with Gasteiger partial charge in [0, 0.05) is 24.2 Å². The lowest BCUT2D eigenvalue weighted by Crippen LogP contribution is -2.45. The van der Waals surface area contributed by atoms with Crippen LogP contribution in [0.1, 0.15) is 40.2 Å². The number of nitrogens with zero attached hydrogens (tertiary/aromatic N) is 2. The molecule has 1 aliphatic rings. The second-order valence-electron chi connectivity index (χ2n) is 7.50. The number of hydrogen-bond acceptors (Lipinski definition) is 4. The molecule has 5 nitrogen and oxygen atoms in total. The van der Waals surface area contributed by atoms with Crippen molar-refractivity contribution in [1.29, 1.82) is 0 Å². The fourth-order valence-corrected chi connectivity index (χ4v) is 3.86. The van der Waals surface area contributed by atoms with E-state index >= 15 is 0 Å². The van der Waals surface area contributed by atoms with Crippen molar-refractivity contribution < 1.29 is 14.4 Å². The zero-order valence-corrected chi connectivity index (χ0v) is 16.8. The molecule has 150 valence electrons. The van der Waals surface area contributed by atoms with Crippen LogP contribution in [0.25, 0.3) is 0 Å². The summed E-state index contributed by atoms with van der Waals surface area (Å²) in [6.45, 7) is 0.913. The molecule has 1 aliphatic heterocycles. The molecule has 3 aromatic rings. The van der Waals surface area contributed by atoms with E-state index in [-0.39, 0.29) is 11.7 Å². The van der Waals surface area contributed by atoms with E-state index in [0.29, 0.717) is 31.0 Å². The summed E-state index contributed by atoms with van der Waals surface area (Å²) in [5, 5.41) is 15.7. The quantitative estimate of drug-likeness (QED) is 0.683. The Morgan fingerprint density at radius 1 is 1.07 bits per heavy atom. The maximum absolute atomic E-state index is 12.8. The Balaban J connectivity index is 1.35. The second kappa shape index (κ2) is 8.39. The monoisotopic (exact) mass is 410 g/mol. The molecule has 4 rings (SSSR count). The van der Waals surface area contributed by atoms with Gasteiger partial charge in [-0.2, -0.15) is 0 Å². The number of aryl methyl sites for hydroxylation is 2. The van der Waals surface area contributed by atoms with Crippen molar-refractivity contribution in [2.24, 2.45) is 0 Å². The number of rotatable bonds is 5. The van der Waals surface area contributed by atoms with Crippen molar-refractivity contribution in [3.8, 4) is 0 Å². The summed E-state index contributed by atoms with van der Waals surface area (Å²) in [5.41, 5.74) is 1.88. The first-order valence-corrected chi connectivity index (χ1v) is 10.2. The second-order valence-corrected chi connectivity index (χ2v) is 7.94. The molecular formula is C23H23ClN2O3. The Labute approximate surface area is 174 Å². The molecule has 0 unspecified atom stereocenters. The zero-order valence-electron chi connectivity index (χ0n) is 16.1. The van der Waals surface area contributed by atoms with Crippen LogP contribution in [0.2, 0.25) is 5.02 Å². The van der Waals surface area contributed by atoms with Crippen molar-refractivity contribution >= 4 is 17.5 Å². The first kappa shape index (κ1) is 19.7. The maximum Gasteiger partial charge on any atom is 0.292 e. The van der Waals surface area contributed by atoms with Crippen LogP contribution in [-0.4, -0.2) is 34.2 Å². The van der Waals surface area contributed by atoms with Gasteiger partial charge in [-0.3, -0.25) is 4.79 Å². The first-order chi connectivity index (χ1) is 14.0. The maximum atomic E-state index is 12.8. The van der Waals surface area contributed by atoms with E-state index in [1.807, 2.05) is 30.3 Å².